The van der Waals surface area contributed by atoms with E-state index >= 15 is 0 Å². The summed E-state index contributed by atoms with van der Waals surface area (Å²) < 4.78 is 12.7. The number of urea groups is 1. The summed E-state index contributed by atoms with van der Waals surface area (Å²) in [6.45, 7) is 2.22. The van der Waals surface area contributed by atoms with Crippen molar-refractivity contribution in [2.75, 3.05) is 13.7 Å². The Labute approximate surface area is 173 Å². The summed E-state index contributed by atoms with van der Waals surface area (Å²) in [6, 6.07) is 13.8. The number of aromatic nitrogens is 2. The largest absolute Gasteiger partial charge is 0.496 e. The standard InChI is InChI=1S/C22H22N4O4/c1-3-30-21(27)19-16(12-26-13-23-15-9-5-6-10-17(15)26)24-22(28)25-20(19)14-8-4-7-11-18(14)29-2/h4-11,13,20H,3,12H2,1-2H3,(H2,24,25,28). The summed E-state index contributed by atoms with van der Waals surface area (Å²) in [6.07, 6.45) is 1.69. The summed E-state index contributed by atoms with van der Waals surface area (Å²) in [5.41, 5.74) is 3.19. The van der Waals surface area contributed by atoms with E-state index < -0.39 is 18.0 Å². The van der Waals surface area contributed by atoms with Crippen LogP contribution in [0.1, 0.15) is 18.5 Å². The first-order valence-corrected chi connectivity index (χ1v) is 9.62. The lowest BCUT2D eigenvalue weighted by Gasteiger charge is -2.30. The average Bonchev–Trinajstić information content (AvgIpc) is 3.16. The first-order chi connectivity index (χ1) is 14.6. The molecule has 8 heteroatoms. The van der Waals surface area contributed by atoms with Gasteiger partial charge in [-0.2, -0.15) is 0 Å². The number of benzene rings is 2. The molecule has 2 heterocycles. The van der Waals surface area contributed by atoms with Crippen LogP contribution in [0.3, 0.4) is 0 Å². The fraction of sp³-hybridized carbons (Fsp3) is 0.227. The van der Waals surface area contributed by atoms with E-state index in [2.05, 4.69) is 15.6 Å². The van der Waals surface area contributed by atoms with Crippen LogP contribution in [0, 0.1) is 0 Å². The SMILES string of the molecule is CCOC(=O)C1=C(Cn2cnc3ccccc32)NC(=O)NC1c1ccccc1OC. The van der Waals surface area contributed by atoms with Crippen molar-refractivity contribution in [2.45, 2.75) is 19.5 Å². The van der Waals surface area contributed by atoms with Crippen LogP contribution < -0.4 is 15.4 Å². The van der Waals surface area contributed by atoms with Crippen molar-refractivity contribution in [3.05, 3.63) is 71.7 Å². The third kappa shape index (κ3) is 3.59. The second-order valence-electron chi connectivity index (χ2n) is 6.75. The molecule has 154 valence electrons. The molecule has 1 aliphatic rings. The maximum absolute atomic E-state index is 13.0. The number of carbonyl (C=O) groups is 2. The Morgan fingerprint density at radius 2 is 1.93 bits per heavy atom. The summed E-state index contributed by atoms with van der Waals surface area (Å²) in [5.74, 6) is 0.0688. The average molecular weight is 406 g/mol. The topological polar surface area (TPSA) is 94.5 Å². The van der Waals surface area contributed by atoms with Gasteiger partial charge in [0.15, 0.2) is 0 Å². The lowest BCUT2D eigenvalue weighted by Crippen LogP contribution is -2.47. The van der Waals surface area contributed by atoms with Gasteiger partial charge in [-0.05, 0) is 25.1 Å². The minimum Gasteiger partial charge on any atom is -0.496 e. The molecule has 2 N–H and O–H groups in total. The molecule has 1 unspecified atom stereocenters. The third-order valence-corrected chi connectivity index (χ3v) is 4.95. The fourth-order valence-electron chi connectivity index (χ4n) is 3.64. The number of ether oxygens (including phenoxy) is 2. The van der Waals surface area contributed by atoms with E-state index in [1.54, 1.807) is 26.4 Å². The third-order valence-electron chi connectivity index (χ3n) is 4.95. The molecule has 1 aromatic heterocycles. The summed E-state index contributed by atoms with van der Waals surface area (Å²) in [4.78, 5) is 29.8. The lowest BCUT2D eigenvalue weighted by atomic mass is 9.94. The van der Waals surface area contributed by atoms with E-state index in [1.165, 1.54) is 0 Å². The van der Waals surface area contributed by atoms with Crippen LogP contribution in [0.5, 0.6) is 5.75 Å². The highest BCUT2D eigenvalue weighted by Crippen LogP contribution is 2.34. The Hall–Kier alpha value is -3.81. The van der Waals surface area contributed by atoms with Gasteiger partial charge in [-0.15, -0.1) is 0 Å². The van der Waals surface area contributed by atoms with E-state index in [4.69, 9.17) is 9.47 Å². The molecule has 0 saturated heterocycles. The molecule has 0 fully saturated rings. The van der Waals surface area contributed by atoms with E-state index in [1.807, 2.05) is 47.0 Å². The predicted octanol–water partition coefficient (Wildman–Crippen LogP) is 2.92. The first-order valence-electron chi connectivity index (χ1n) is 9.62. The van der Waals surface area contributed by atoms with Gasteiger partial charge in [-0.1, -0.05) is 30.3 Å². The fourth-order valence-corrected chi connectivity index (χ4v) is 3.64. The number of hydrogen-bond acceptors (Lipinski definition) is 5. The maximum atomic E-state index is 13.0. The van der Waals surface area contributed by atoms with Crippen LogP contribution in [0.15, 0.2) is 66.1 Å². The van der Waals surface area contributed by atoms with Gasteiger partial charge in [-0.25, -0.2) is 14.6 Å². The number of imidazole rings is 1. The van der Waals surface area contributed by atoms with E-state index in [0.717, 1.165) is 11.0 Å². The van der Waals surface area contributed by atoms with Crippen molar-refractivity contribution in [3.63, 3.8) is 0 Å². The van der Waals surface area contributed by atoms with Gasteiger partial charge in [0.1, 0.15) is 5.75 Å². The molecule has 0 radical (unpaired) electrons. The Morgan fingerprint density at radius 1 is 1.17 bits per heavy atom. The normalized spacial score (nSPS) is 16.2. The van der Waals surface area contributed by atoms with Crippen molar-refractivity contribution >= 4 is 23.0 Å². The number of rotatable bonds is 6. The predicted molar refractivity (Wildman–Crippen MR) is 111 cm³/mol. The maximum Gasteiger partial charge on any atom is 0.338 e. The van der Waals surface area contributed by atoms with Gasteiger partial charge in [0, 0.05) is 5.56 Å². The number of hydrogen-bond donors (Lipinski definition) is 2. The summed E-state index contributed by atoms with van der Waals surface area (Å²) in [5, 5.41) is 5.62. The summed E-state index contributed by atoms with van der Waals surface area (Å²) in [7, 11) is 1.55. The molecule has 0 saturated carbocycles. The highest BCUT2D eigenvalue weighted by molar-refractivity contribution is 5.95. The summed E-state index contributed by atoms with van der Waals surface area (Å²) >= 11 is 0. The molecule has 0 aliphatic carbocycles. The van der Waals surface area contributed by atoms with Crippen LogP contribution in [-0.4, -0.2) is 35.3 Å². The van der Waals surface area contributed by atoms with Crippen LogP contribution >= 0.6 is 0 Å². The van der Waals surface area contributed by atoms with E-state index in [9.17, 15) is 9.59 Å². The van der Waals surface area contributed by atoms with Crippen LogP contribution in [-0.2, 0) is 16.1 Å². The Bertz CT molecular complexity index is 1130. The number of nitrogens with zero attached hydrogens (tertiary/aromatic N) is 2. The van der Waals surface area contributed by atoms with Gasteiger partial charge in [-0.3, -0.25) is 0 Å². The number of methoxy groups -OCH3 is 1. The molecule has 2 aromatic carbocycles. The molecule has 3 aromatic rings. The molecule has 0 spiro atoms. The smallest absolute Gasteiger partial charge is 0.338 e. The van der Waals surface area contributed by atoms with Gasteiger partial charge in [0.2, 0.25) is 0 Å². The molecular weight excluding hydrogens is 384 g/mol. The molecule has 2 amide bonds. The van der Waals surface area contributed by atoms with Crippen LogP contribution in [0.4, 0.5) is 4.79 Å². The second-order valence-corrected chi connectivity index (χ2v) is 6.75. The molecule has 8 nitrogen and oxygen atoms in total. The van der Waals surface area contributed by atoms with Gasteiger partial charge in [0.05, 0.1) is 54.9 Å². The zero-order valence-corrected chi connectivity index (χ0v) is 16.7. The monoisotopic (exact) mass is 406 g/mol. The molecule has 1 aliphatic heterocycles. The molecular formula is C22H22N4O4. The van der Waals surface area contributed by atoms with Gasteiger partial charge >= 0.3 is 12.0 Å². The minimum atomic E-state index is -0.710. The van der Waals surface area contributed by atoms with Crippen molar-refractivity contribution in [3.8, 4) is 5.75 Å². The van der Waals surface area contributed by atoms with E-state index in [-0.39, 0.29) is 13.2 Å². The van der Waals surface area contributed by atoms with Crippen LogP contribution in [0.25, 0.3) is 11.0 Å². The number of amides is 2. The van der Waals surface area contributed by atoms with Crippen molar-refractivity contribution in [1.29, 1.82) is 0 Å². The number of para-hydroxylation sites is 3. The highest BCUT2D eigenvalue weighted by Gasteiger charge is 2.35. The van der Waals surface area contributed by atoms with Crippen LogP contribution in [0.2, 0.25) is 0 Å². The highest BCUT2D eigenvalue weighted by atomic mass is 16.5. The van der Waals surface area contributed by atoms with Crippen molar-refractivity contribution in [2.24, 2.45) is 0 Å². The number of fused-ring (bicyclic) bond motifs is 1. The zero-order chi connectivity index (χ0) is 21.1. The number of esters is 1. The number of nitrogens with one attached hydrogen (secondary N) is 2. The van der Waals surface area contributed by atoms with Gasteiger partial charge < -0.3 is 24.7 Å². The Balaban J connectivity index is 1.84. The molecule has 0 bridgehead atoms. The quantitative estimate of drug-likeness (QED) is 0.614. The second kappa shape index (κ2) is 8.28. The zero-order valence-electron chi connectivity index (χ0n) is 16.7. The lowest BCUT2D eigenvalue weighted by molar-refractivity contribution is -0.139. The Morgan fingerprint density at radius 3 is 2.73 bits per heavy atom. The van der Waals surface area contributed by atoms with Crippen molar-refractivity contribution in [1.82, 2.24) is 20.2 Å². The van der Waals surface area contributed by atoms with Crippen molar-refractivity contribution < 1.29 is 19.1 Å². The van der Waals surface area contributed by atoms with E-state index in [0.29, 0.717) is 22.6 Å². The first kappa shape index (κ1) is 19.5. The molecule has 4 rings (SSSR count). The van der Waals surface area contributed by atoms with Gasteiger partial charge in [0.25, 0.3) is 0 Å². The number of allylic oxidation sites excluding steroid dienone is 1. The molecule has 1 atom stereocenters. The number of carbonyl (C=O) groups excluding carboxylic acids is 2. The minimum absolute atomic E-state index is 0.218. The Kier molecular flexibility index (Phi) is 5.38. The molecule has 30 heavy (non-hydrogen) atoms.